The molecule has 1 aromatic rings. The van der Waals surface area contributed by atoms with Crippen LogP contribution < -0.4 is 4.90 Å². The van der Waals surface area contributed by atoms with Crippen molar-refractivity contribution >= 4 is 11.8 Å². The van der Waals surface area contributed by atoms with Crippen LogP contribution in [0.25, 0.3) is 0 Å². The summed E-state index contributed by atoms with van der Waals surface area (Å²) < 4.78 is 0. The lowest BCUT2D eigenvalue weighted by molar-refractivity contribution is 0.144. The number of amides is 1. The van der Waals surface area contributed by atoms with E-state index in [1.807, 2.05) is 0 Å². The average molecular weight is 286 g/mol. The van der Waals surface area contributed by atoms with Gasteiger partial charge < -0.3 is 14.9 Å². The molecule has 4 heteroatoms. The van der Waals surface area contributed by atoms with Gasteiger partial charge in [-0.1, -0.05) is 31.0 Å². The van der Waals surface area contributed by atoms with Gasteiger partial charge >= 0.3 is 6.09 Å². The topological polar surface area (TPSA) is 43.8 Å². The van der Waals surface area contributed by atoms with E-state index in [9.17, 15) is 9.90 Å². The zero-order chi connectivity index (χ0) is 14.4. The lowest BCUT2D eigenvalue weighted by Gasteiger charge is -2.43. The number of rotatable bonds is 0. The molecule has 4 nitrogen and oxygen atoms in total. The number of hydrogen-bond acceptors (Lipinski definition) is 2. The van der Waals surface area contributed by atoms with Crippen LogP contribution in [-0.2, 0) is 6.54 Å². The molecule has 1 aliphatic carbocycles. The van der Waals surface area contributed by atoms with Crippen LogP contribution in [0, 0.1) is 5.92 Å². The molecule has 0 spiro atoms. The molecule has 3 aliphatic rings. The van der Waals surface area contributed by atoms with Gasteiger partial charge in [-0.2, -0.15) is 0 Å². The Balaban J connectivity index is 1.78. The second kappa shape index (κ2) is 4.93. The Morgan fingerprint density at radius 2 is 2.05 bits per heavy atom. The second-order valence-electron chi connectivity index (χ2n) is 6.66. The maximum Gasteiger partial charge on any atom is 0.407 e. The monoisotopic (exact) mass is 286 g/mol. The van der Waals surface area contributed by atoms with Crippen LogP contribution in [0.5, 0.6) is 0 Å². The highest BCUT2D eigenvalue weighted by Crippen LogP contribution is 2.47. The normalized spacial score (nSPS) is 27.6. The SMILES string of the molecule is O=C(O)N1CCN2CC3CCCCC3c3cccc(c32)C1. The van der Waals surface area contributed by atoms with Crippen molar-refractivity contribution < 1.29 is 9.90 Å². The number of anilines is 1. The summed E-state index contributed by atoms with van der Waals surface area (Å²) in [6, 6.07) is 6.51. The molecule has 1 saturated carbocycles. The van der Waals surface area contributed by atoms with Gasteiger partial charge in [-0.05, 0) is 35.8 Å². The van der Waals surface area contributed by atoms with Crippen molar-refractivity contribution in [3.8, 4) is 0 Å². The maximum absolute atomic E-state index is 11.4. The molecule has 1 aromatic carbocycles. The second-order valence-corrected chi connectivity index (χ2v) is 6.66. The largest absolute Gasteiger partial charge is 0.465 e. The first kappa shape index (κ1) is 13.0. The van der Waals surface area contributed by atoms with Gasteiger partial charge in [-0.3, -0.25) is 0 Å². The van der Waals surface area contributed by atoms with Gasteiger partial charge in [0.25, 0.3) is 0 Å². The zero-order valence-corrected chi connectivity index (χ0v) is 12.3. The number of benzene rings is 1. The number of para-hydroxylation sites is 1. The van der Waals surface area contributed by atoms with Crippen molar-refractivity contribution in [2.24, 2.45) is 5.92 Å². The van der Waals surface area contributed by atoms with Crippen LogP contribution in [-0.4, -0.2) is 35.7 Å². The molecule has 0 aromatic heterocycles. The molecule has 4 rings (SSSR count). The van der Waals surface area contributed by atoms with Crippen LogP contribution in [0.2, 0.25) is 0 Å². The first-order valence-electron chi connectivity index (χ1n) is 8.08. The van der Waals surface area contributed by atoms with Crippen molar-refractivity contribution in [3.63, 3.8) is 0 Å². The van der Waals surface area contributed by atoms with E-state index in [4.69, 9.17) is 0 Å². The zero-order valence-electron chi connectivity index (χ0n) is 12.3. The Kier molecular flexibility index (Phi) is 3.05. The quantitative estimate of drug-likeness (QED) is 0.796. The highest BCUT2D eigenvalue weighted by Gasteiger charge is 2.37. The molecule has 1 N–H and O–H groups in total. The molecule has 2 aliphatic heterocycles. The minimum Gasteiger partial charge on any atom is -0.465 e. The summed E-state index contributed by atoms with van der Waals surface area (Å²) in [5.41, 5.74) is 4.02. The number of carboxylic acid groups (broad SMARTS) is 1. The Morgan fingerprint density at radius 1 is 1.19 bits per heavy atom. The summed E-state index contributed by atoms with van der Waals surface area (Å²) in [5.74, 6) is 1.46. The highest BCUT2D eigenvalue weighted by atomic mass is 16.4. The summed E-state index contributed by atoms with van der Waals surface area (Å²) in [7, 11) is 0. The molecule has 1 fully saturated rings. The minimum atomic E-state index is -0.801. The van der Waals surface area contributed by atoms with Crippen LogP contribution in [0.4, 0.5) is 10.5 Å². The molecule has 112 valence electrons. The fraction of sp³-hybridized carbons (Fsp3) is 0.588. The predicted octanol–water partition coefficient (Wildman–Crippen LogP) is 3.27. The standard InChI is InChI=1S/C17H22N2O2/c20-17(21)19-9-8-18-10-12-4-1-2-6-14(12)15-7-3-5-13(11-19)16(15)18/h3,5,7,12,14H,1-2,4,6,8-11H2,(H,20,21). The molecule has 2 unspecified atom stereocenters. The highest BCUT2D eigenvalue weighted by molar-refractivity contribution is 5.69. The van der Waals surface area contributed by atoms with Crippen molar-refractivity contribution in [2.45, 2.75) is 38.1 Å². The van der Waals surface area contributed by atoms with Crippen molar-refractivity contribution in [3.05, 3.63) is 29.3 Å². The van der Waals surface area contributed by atoms with Gasteiger partial charge in [-0.15, -0.1) is 0 Å². The summed E-state index contributed by atoms with van der Waals surface area (Å²) in [6.07, 6.45) is 4.52. The fourth-order valence-electron chi connectivity index (χ4n) is 4.53. The van der Waals surface area contributed by atoms with E-state index in [2.05, 4.69) is 23.1 Å². The molecular formula is C17H22N2O2. The molecule has 0 bridgehead atoms. The number of fused-ring (bicyclic) bond motifs is 2. The fourth-order valence-corrected chi connectivity index (χ4v) is 4.53. The van der Waals surface area contributed by atoms with E-state index in [-0.39, 0.29) is 0 Å². The number of carbonyl (C=O) groups is 1. The third-order valence-electron chi connectivity index (χ3n) is 5.50. The minimum absolute atomic E-state index is 0.534. The first-order chi connectivity index (χ1) is 10.2. The molecule has 1 amide bonds. The van der Waals surface area contributed by atoms with Crippen molar-refractivity contribution in [1.29, 1.82) is 0 Å². The third-order valence-corrected chi connectivity index (χ3v) is 5.50. The van der Waals surface area contributed by atoms with Crippen LogP contribution in [0.15, 0.2) is 18.2 Å². The van der Waals surface area contributed by atoms with Gasteiger partial charge in [0.1, 0.15) is 0 Å². The molecular weight excluding hydrogens is 264 g/mol. The van der Waals surface area contributed by atoms with Gasteiger partial charge in [0, 0.05) is 25.3 Å². The van der Waals surface area contributed by atoms with E-state index < -0.39 is 6.09 Å². The number of nitrogens with zero attached hydrogens (tertiary/aromatic N) is 2. The van der Waals surface area contributed by atoms with Gasteiger partial charge in [-0.25, -0.2) is 4.79 Å². The van der Waals surface area contributed by atoms with Crippen LogP contribution >= 0.6 is 0 Å². The summed E-state index contributed by atoms with van der Waals surface area (Å²) >= 11 is 0. The summed E-state index contributed by atoms with van der Waals surface area (Å²) in [5, 5.41) is 9.35. The Labute approximate surface area is 125 Å². The van der Waals surface area contributed by atoms with E-state index in [0.29, 0.717) is 19.0 Å². The lowest BCUT2D eigenvalue weighted by atomic mass is 9.72. The number of hydrogen-bond donors (Lipinski definition) is 1. The van der Waals surface area contributed by atoms with Crippen LogP contribution in [0.1, 0.15) is 42.7 Å². The molecule has 0 radical (unpaired) electrons. The Morgan fingerprint density at radius 3 is 2.90 bits per heavy atom. The van der Waals surface area contributed by atoms with E-state index in [1.54, 1.807) is 4.90 Å². The Hall–Kier alpha value is -1.71. The average Bonchev–Trinajstić information content (AvgIpc) is 2.69. The van der Waals surface area contributed by atoms with Crippen LogP contribution in [0.3, 0.4) is 0 Å². The maximum atomic E-state index is 11.4. The smallest absolute Gasteiger partial charge is 0.407 e. The van der Waals surface area contributed by atoms with E-state index in [0.717, 1.165) is 19.0 Å². The summed E-state index contributed by atoms with van der Waals surface area (Å²) in [6.45, 7) is 3.09. The van der Waals surface area contributed by atoms with E-state index in [1.165, 1.54) is 42.5 Å². The van der Waals surface area contributed by atoms with E-state index >= 15 is 0 Å². The third kappa shape index (κ3) is 2.08. The molecule has 2 atom stereocenters. The molecule has 21 heavy (non-hydrogen) atoms. The van der Waals surface area contributed by atoms with Crippen molar-refractivity contribution in [1.82, 2.24) is 4.90 Å². The predicted molar refractivity (Wildman–Crippen MR) is 81.8 cm³/mol. The van der Waals surface area contributed by atoms with Gasteiger partial charge in [0.15, 0.2) is 0 Å². The molecule has 2 heterocycles. The van der Waals surface area contributed by atoms with Gasteiger partial charge in [0.2, 0.25) is 0 Å². The van der Waals surface area contributed by atoms with Gasteiger partial charge in [0.05, 0.1) is 6.54 Å². The lowest BCUT2D eigenvalue weighted by Crippen LogP contribution is -2.41. The summed E-state index contributed by atoms with van der Waals surface area (Å²) in [4.78, 5) is 15.4. The first-order valence-corrected chi connectivity index (χ1v) is 8.08. The molecule has 0 saturated heterocycles. The Bertz CT molecular complexity index is 572. The van der Waals surface area contributed by atoms with Crippen molar-refractivity contribution in [2.75, 3.05) is 24.5 Å².